The lowest BCUT2D eigenvalue weighted by atomic mass is 10.0. The third-order valence-corrected chi connectivity index (χ3v) is 7.75. The SMILES string of the molecule is COc1ccc(C2CC(c3cccs3)=NN2C(=O)CN(CCN2CCOCC2)C(=O)C2CC2)cc1. The van der Waals surface area contributed by atoms with Gasteiger partial charge in [0.2, 0.25) is 5.91 Å². The Balaban J connectivity index is 1.33. The van der Waals surface area contributed by atoms with Crippen molar-refractivity contribution in [2.75, 3.05) is 53.0 Å². The molecule has 0 spiro atoms. The van der Waals surface area contributed by atoms with E-state index in [1.165, 1.54) is 0 Å². The van der Waals surface area contributed by atoms with Gasteiger partial charge in [-0.1, -0.05) is 18.2 Å². The van der Waals surface area contributed by atoms with Gasteiger partial charge in [0.15, 0.2) is 0 Å². The van der Waals surface area contributed by atoms with Crippen molar-refractivity contribution in [2.24, 2.45) is 11.0 Å². The molecular formula is C26H32N4O4S. The lowest BCUT2D eigenvalue weighted by Crippen LogP contribution is -2.47. The smallest absolute Gasteiger partial charge is 0.262 e. The number of hydrogen-bond donors (Lipinski definition) is 0. The first kappa shape index (κ1) is 24.0. The van der Waals surface area contributed by atoms with Gasteiger partial charge in [0.05, 0.1) is 37.0 Å². The third kappa shape index (κ3) is 5.74. The van der Waals surface area contributed by atoms with Crippen molar-refractivity contribution in [3.05, 3.63) is 52.2 Å². The first-order chi connectivity index (χ1) is 17.1. The second-order valence-corrected chi connectivity index (χ2v) is 10.2. The number of carbonyl (C=O) groups excluding carboxylic acids is 2. The molecule has 1 aromatic carbocycles. The Morgan fingerprint density at radius 3 is 2.60 bits per heavy atom. The zero-order valence-corrected chi connectivity index (χ0v) is 20.9. The Kier molecular flexibility index (Phi) is 7.46. The van der Waals surface area contributed by atoms with Crippen LogP contribution < -0.4 is 4.74 Å². The number of hydrazone groups is 1. The summed E-state index contributed by atoms with van der Waals surface area (Å²) < 4.78 is 10.7. The van der Waals surface area contributed by atoms with Gasteiger partial charge in [-0.05, 0) is 42.0 Å². The molecule has 2 aromatic rings. The average molecular weight is 497 g/mol. The van der Waals surface area contributed by atoms with Crippen LogP contribution >= 0.6 is 11.3 Å². The summed E-state index contributed by atoms with van der Waals surface area (Å²) in [6.45, 7) is 4.50. The Bertz CT molecular complexity index is 1050. The van der Waals surface area contributed by atoms with Crippen LogP contribution in [0, 0.1) is 5.92 Å². The molecule has 1 aromatic heterocycles. The first-order valence-electron chi connectivity index (χ1n) is 12.3. The van der Waals surface area contributed by atoms with Crippen molar-refractivity contribution in [3.8, 4) is 5.75 Å². The van der Waals surface area contributed by atoms with E-state index < -0.39 is 0 Å². The molecule has 9 heteroatoms. The van der Waals surface area contributed by atoms with Gasteiger partial charge in [-0.3, -0.25) is 14.5 Å². The maximum Gasteiger partial charge on any atom is 0.262 e. The maximum absolute atomic E-state index is 13.6. The molecule has 3 aliphatic rings. The monoisotopic (exact) mass is 496 g/mol. The van der Waals surface area contributed by atoms with Gasteiger partial charge in [0.1, 0.15) is 12.3 Å². The zero-order chi connectivity index (χ0) is 24.2. The fourth-order valence-corrected chi connectivity index (χ4v) is 5.32. The summed E-state index contributed by atoms with van der Waals surface area (Å²) in [4.78, 5) is 31.8. The second kappa shape index (κ2) is 10.9. The van der Waals surface area contributed by atoms with Crippen LogP contribution in [0.1, 0.15) is 35.7 Å². The molecule has 5 rings (SSSR count). The number of morpholine rings is 1. The van der Waals surface area contributed by atoms with Crippen LogP contribution in [0.15, 0.2) is 46.9 Å². The highest BCUT2D eigenvalue weighted by Gasteiger charge is 2.38. The Labute approximate surface area is 210 Å². The maximum atomic E-state index is 13.6. The van der Waals surface area contributed by atoms with Crippen LogP contribution in [-0.2, 0) is 14.3 Å². The lowest BCUT2D eigenvalue weighted by molar-refractivity contribution is -0.142. The largest absolute Gasteiger partial charge is 0.497 e. The van der Waals surface area contributed by atoms with E-state index in [4.69, 9.17) is 14.6 Å². The minimum Gasteiger partial charge on any atom is -0.497 e. The summed E-state index contributed by atoms with van der Waals surface area (Å²) in [7, 11) is 1.64. The molecule has 1 saturated carbocycles. The summed E-state index contributed by atoms with van der Waals surface area (Å²) in [5, 5.41) is 8.38. The zero-order valence-electron chi connectivity index (χ0n) is 20.1. The number of rotatable bonds is 9. The summed E-state index contributed by atoms with van der Waals surface area (Å²) >= 11 is 1.62. The van der Waals surface area contributed by atoms with Gasteiger partial charge in [0, 0.05) is 38.5 Å². The lowest BCUT2D eigenvalue weighted by Gasteiger charge is -2.31. The number of nitrogens with zero attached hydrogens (tertiary/aromatic N) is 4. The highest BCUT2D eigenvalue weighted by Crippen LogP contribution is 2.35. The van der Waals surface area contributed by atoms with Gasteiger partial charge in [-0.25, -0.2) is 5.01 Å². The predicted molar refractivity (Wildman–Crippen MR) is 135 cm³/mol. The number of methoxy groups -OCH3 is 1. The van der Waals surface area contributed by atoms with E-state index >= 15 is 0 Å². The minimum atomic E-state index is -0.206. The van der Waals surface area contributed by atoms with E-state index in [-0.39, 0.29) is 30.3 Å². The van der Waals surface area contributed by atoms with Crippen LogP contribution in [-0.4, -0.2) is 85.4 Å². The molecule has 0 bridgehead atoms. The molecular weight excluding hydrogens is 464 g/mol. The molecule has 1 saturated heterocycles. The van der Waals surface area contributed by atoms with E-state index in [1.54, 1.807) is 28.4 Å². The number of amides is 2. The normalized spacial score (nSPS) is 20.5. The van der Waals surface area contributed by atoms with Crippen LogP contribution in [0.4, 0.5) is 0 Å². The average Bonchev–Trinajstić information content (AvgIpc) is 3.41. The summed E-state index contributed by atoms with van der Waals surface area (Å²) in [6.07, 6.45) is 2.48. The minimum absolute atomic E-state index is 0.0492. The molecule has 1 atom stereocenters. The van der Waals surface area contributed by atoms with Gasteiger partial charge in [0.25, 0.3) is 5.91 Å². The first-order valence-corrected chi connectivity index (χ1v) is 13.2. The van der Waals surface area contributed by atoms with Crippen molar-refractivity contribution in [1.29, 1.82) is 0 Å². The fourth-order valence-electron chi connectivity index (χ4n) is 4.60. The van der Waals surface area contributed by atoms with E-state index in [0.717, 1.165) is 54.4 Å². The highest BCUT2D eigenvalue weighted by molar-refractivity contribution is 7.12. The molecule has 35 heavy (non-hydrogen) atoms. The summed E-state index contributed by atoms with van der Waals surface area (Å²) in [5.74, 6) is 0.782. The third-order valence-electron chi connectivity index (χ3n) is 6.83. The summed E-state index contributed by atoms with van der Waals surface area (Å²) in [6, 6.07) is 11.6. The topological polar surface area (TPSA) is 74.7 Å². The van der Waals surface area contributed by atoms with Crippen molar-refractivity contribution >= 4 is 28.9 Å². The van der Waals surface area contributed by atoms with E-state index in [1.807, 2.05) is 41.8 Å². The molecule has 1 unspecified atom stereocenters. The number of benzene rings is 1. The van der Waals surface area contributed by atoms with Crippen molar-refractivity contribution in [3.63, 3.8) is 0 Å². The van der Waals surface area contributed by atoms with Crippen LogP contribution in [0.5, 0.6) is 5.75 Å². The molecule has 2 aliphatic heterocycles. The highest BCUT2D eigenvalue weighted by atomic mass is 32.1. The van der Waals surface area contributed by atoms with Gasteiger partial charge < -0.3 is 14.4 Å². The van der Waals surface area contributed by atoms with E-state index in [9.17, 15) is 9.59 Å². The molecule has 3 heterocycles. The second-order valence-electron chi connectivity index (χ2n) is 9.24. The molecule has 1 aliphatic carbocycles. The number of ether oxygens (including phenoxy) is 2. The molecule has 2 fully saturated rings. The molecule has 8 nitrogen and oxygen atoms in total. The Morgan fingerprint density at radius 1 is 1.17 bits per heavy atom. The van der Waals surface area contributed by atoms with Crippen LogP contribution in [0.2, 0.25) is 0 Å². The quantitative estimate of drug-likeness (QED) is 0.534. The molecule has 0 N–H and O–H groups in total. The number of hydrogen-bond acceptors (Lipinski definition) is 7. The van der Waals surface area contributed by atoms with Crippen molar-refractivity contribution in [2.45, 2.75) is 25.3 Å². The number of carbonyl (C=O) groups is 2. The Hall–Kier alpha value is -2.75. The van der Waals surface area contributed by atoms with Crippen LogP contribution in [0.25, 0.3) is 0 Å². The Morgan fingerprint density at radius 2 is 1.94 bits per heavy atom. The van der Waals surface area contributed by atoms with E-state index in [2.05, 4.69) is 4.90 Å². The number of thiophene rings is 1. The van der Waals surface area contributed by atoms with Crippen molar-refractivity contribution in [1.82, 2.24) is 14.8 Å². The predicted octanol–water partition coefficient (Wildman–Crippen LogP) is 3.01. The van der Waals surface area contributed by atoms with Crippen LogP contribution in [0.3, 0.4) is 0 Å². The van der Waals surface area contributed by atoms with Gasteiger partial charge in [-0.15, -0.1) is 11.3 Å². The van der Waals surface area contributed by atoms with Gasteiger partial charge >= 0.3 is 0 Å². The van der Waals surface area contributed by atoms with Gasteiger partial charge in [-0.2, -0.15) is 5.10 Å². The van der Waals surface area contributed by atoms with Crippen molar-refractivity contribution < 1.29 is 19.1 Å². The molecule has 0 radical (unpaired) electrons. The van der Waals surface area contributed by atoms with E-state index in [0.29, 0.717) is 26.2 Å². The fraction of sp³-hybridized carbons (Fsp3) is 0.500. The standard InChI is InChI=1S/C26H32N4O4S/c1-33-21-8-6-19(7-9-21)23-17-22(24-3-2-16-35-24)27-30(23)25(31)18-29(26(32)20-4-5-20)11-10-28-12-14-34-15-13-28/h2-3,6-9,16,20,23H,4-5,10-15,17-18H2,1H3. The molecule has 2 amide bonds. The summed E-state index contributed by atoms with van der Waals surface area (Å²) in [5.41, 5.74) is 1.91. The molecule has 186 valence electrons.